The van der Waals surface area contributed by atoms with Crippen LogP contribution < -0.4 is 10.1 Å². The predicted octanol–water partition coefficient (Wildman–Crippen LogP) is 4.37. The molecule has 1 heterocycles. The number of phenolic OH excluding ortho intramolecular Hbond substituents is 1. The summed E-state index contributed by atoms with van der Waals surface area (Å²) in [5.41, 5.74) is 2.44. The molecule has 3 rings (SSSR count). The van der Waals surface area contributed by atoms with E-state index in [9.17, 15) is 9.90 Å². The minimum Gasteiger partial charge on any atom is -0.504 e. The average molecular weight is 355 g/mol. The van der Waals surface area contributed by atoms with Crippen LogP contribution in [0.4, 0.5) is 5.69 Å². The lowest BCUT2D eigenvalue weighted by Crippen LogP contribution is -2.11. The molecule has 0 unspecified atom stereocenters. The highest BCUT2D eigenvalue weighted by atomic mass is 35.5. The van der Waals surface area contributed by atoms with Gasteiger partial charge in [-0.25, -0.2) is 0 Å². The Morgan fingerprint density at radius 3 is 2.56 bits per heavy atom. The van der Waals surface area contributed by atoms with Gasteiger partial charge in [-0.15, -0.1) is 0 Å². The van der Waals surface area contributed by atoms with Gasteiger partial charge in [0, 0.05) is 29.1 Å². The highest BCUT2D eigenvalue weighted by Crippen LogP contribution is 2.29. The minimum atomic E-state index is -0.289. The molecule has 0 radical (unpaired) electrons. The number of hydrogen-bond donors (Lipinski definition) is 2. The van der Waals surface area contributed by atoms with Crippen LogP contribution in [-0.4, -0.2) is 23.1 Å². The van der Waals surface area contributed by atoms with Crippen molar-refractivity contribution in [1.29, 1.82) is 0 Å². The number of methoxy groups -OCH3 is 1. The Balaban J connectivity index is 1.77. The van der Waals surface area contributed by atoms with Gasteiger partial charge in [-0.2, -0.15) is 0 Å². The zero-order valence-corrected chi connectivity index (χ0v) is 14.1. The topological polar surface area (TPSA) is 71.5 Å². The molecule has 0 saturated heterocycles. The molecule has 0 aliphatic heterocycles. The molecule has 0 saturated carbocycles. The quantitative estimate of drug-likeness (QED) is 0.729. The molecule has 0 bridgehead atoms. The van der Waals surface area contributed by atoms with Gasteiger partial charge in [0.15, 0.2) is 11.5 Å². The van der Waals surface area contributed by atoms with Gasteiger partial charge in [-0.05, 0) is 36.4 Å². The molecule has 0 fully saturated rings. The molecule has 0 aliphatic rings. The molecule has 2 N–H and O–H groups in total. The second-order valence-corrected chi connectivity index (χ2v) is 5.66. The molecule has 1 amide bonds. The van der Waals surface area contributed by atoms with E-state index in [1.54, 1.807) is 54.7 Å². The highest BCUT2D eigenvalue weighted by molar-refractivity contribution is 6.33. The van der Waals surface area contributed by atoms with Crippen molar-refractivity contribution in [2.75, 3.05) is 12.4 Å². The Bertz CT molecular complexity index is 911. The fourth-order valence-electron chi connectivity index (χ4n) is 2.35. The normalized spacial score (nSPS) is 10.3. The number of aromatic hydroxyl groups is 1. The van der Waals surface area contributed by atoms with Crippen LogP contribution in [0, 0.1) is 0 Å². The molecular formula is C19H15ClN2O3. The maximum atomic E-state index is 12.3. The van der Waals surface area contributed by atoms with Crippen LogP contribution in [0.25, 0.3) is 11.3 Å². The van der Waals surface area contributed by atoms with Gasteiger partial charge >= 0.3 is 0 Å². The van der Waals surface area contributed by atoms with Gasteiger partial charge in [-0.3, -0.25) is 9.78 Å². The lowest BCUT2D eigenvalue weighted by atomic mass is 10.1. The van der Waals surface area contributed by atoms with Crippen molar-refractivity contribution in [3.63, 3.8) is 0 Å². The molecule has 1 aromatic heterocycles. The first kappa shape index (κ1) is 16.8. The summed E-state index contributed by atoms with van der Waals surface area (Å²) in [5.74, 6) is 0.0123. The standard InChI is InChI=1S/C19H15ClN2O3/c1-25-17-9-8-14(11-16(17)23)22-19(24)13-6-4-12(5-7-13)18-15(20)3-2-10-21-18/h2-11,23H,1H3,(H,22,24). The summed E-state index contributed by atoms with van der Waals surface area (Å²) in [5, 5.41) is 13.0. The molecule has 2 aromatic carbocycles. The third kappa shape index (κ3) is 3.72. The summed E-state index contributed by atoms with van der Waals surface area (Å²) in [6.07, 6.45) is 1.66. The third-order valence-electron chi connectivity index (χ3n) is 3.62. The van der Waals surface area contributed by atoms with Gasteiger partial charge in [0.25, 0.3) is 5.91 Å². The van der Waals surface area contributed by atoms with E-state index in [0.29, 0.717) is 27.7 Å². The van der Waals surface area contributed by atoms with Gasteiger partial charge in [0.1, 0.15) is 0 Å². The molecule has 0 atom stereocenters. The summed E-state index contributed by atoms with van der Waals surface area (Å²) in [6.45, 7) is 0. The van der Waals surface area contributed by atoms with Crippen molar-refractivity contribution >= 4 is 23.2 Å². The maximum Gasteiger partial charge on any atom is 0.255 e. The Kier molecular flexibility index (Phi) is 4.86. The average Bonchev–Trinajstić information content (AvgIpc) is 2.62. The van der Waals surface area contributed by atoms with Crippen molar-refractivity contribution in [2.45, 2.75) is 0 Å². The number of benzene rings is 2. The van der Waals surface area contributed by atoms with Gasteiger partial charge in [-0.1, -0.05) is 23.7 Å². The van der Waals surface area contributed by atoms with E-state index < -0.39 is 0 Å². The van der Waals surface area contributed by atoms with Crippen LogP contribution in [0.5, 0.6) is 11.5 Å². The van der Waals surface area contributed by atoms with Crippen molar-refractivity contribution in [3.8, 4) is 22.8 Å². The number of amides is 1. The van der Waals surface area contributed by atoms with E-state index in [-0.39, 0.29) is 11.7 Å². The fourth-order valence-corrected chi connectivity index (χ4v) is 2.58. The second-order valence-electron chi connectivity index (χ2n) is 5.25. The van der Waals surface area contributed by atoms with Crippen LogP contribution in [-0.2, 0) is 0 Å². The SMILES string of the molecule is COc1ccc(NC(=O)c2ccc(-c3ncccc3Cl)cc2)cc1O. The number of halogens is 1. The zero-order valence-electron chi connectivity index (χ0n) is 13.4. The number of nitrogens with zero attached hydrogens (tertiary/aromatic N) is 1. The number of anilines is 1. The van der Waals surface area contributed by atoms with Gasteiger partial charge in [0.05, 0.1) is 17.8 Å². The number of hydrogen-bond acceptors (Lipinski definition) is 4. The number of pyridine rings is 1. The molecule has 5 nitrogen and oxygen atoms in total. The molecule has 3 aromatic rings. The molecule has 0 aliphatic carbocycles. The van der Waals surface area contributed by atoms with E-state index in [2.05, 4.69) is 10.3 Å². The maximum absolute atomic E-state index is 12.3. The van der Waals surface area contributed by atoms with Crippen LogP contribution in [0.3, 0.4) is 0 Å². The van der Waals surface area contributed by atoms with E-state index >= 15 is 0 Å². The Morgan fingerprint density at radius 2 is 1.92 bits per heavy atom. The smallest absolute Gasteiger partial charge is 0.255 e. The fraction of sp³-hybridized carbons (Fsp3) is 0.0526. The van der Waals surface area contributed by atoms with Crippen molar-refractivity contribution in [1.82, 2.24) is 4.98 Å². The first-order chi connectivity index (χ1) is 12.1. The number of ether oxygens (including phenoxy) is 1. The lowest BCUT2D eigenvalue weighted by Gasteiger charge is -2.09. The third-order valence-corrected chi connectivity index (χ3v) is 3.92. The summed E-state index contributed by atoms with van der Waals surface area (Å²) >= 11 is 6.13. The van der Waals surface area contributed by atoms with Crippen molar-refractivity contribution in [2.24, 2.45) is 0 Å². The van der Waals surface area contributed by atoms with E-state index in [0.717, 1.165) is 5.56 Å². The number of rotatable bonds is 4. The van der Waals surface area contributed by atoms with Crippen LogP contribution in [0.15, 0.2) is 60.8 Å². The molecule has 0 spiro atoms. The van der Waals surface area contributed by atoms with Gasteiger partial charge in [0.2, 0.25) is 0 Å². The first-order valence-corrected chi connectivity index (χ1v) is 7.85. The Hall–Kier alpha value is -3.05. The van der Waals surface area contributed by atoms with E-state index in [4.69, 9.17) is 16.3 Å². The van der Waals surface area contributed by atoms with Crippen molar-refractivity contribution < 1.29 is 14.6 Å². The summed E-state index contributed by atoms with van der Waals surface area (Å²) in [4.78, 5) is 16.6. The van der Waals surface area contributed by atoms with E-state index in [1.807, 2.05) is 0 Å². The van der Waals surface area contributed by atoms with Crippen LogP contribution in [0.1, 0.15) is 10.4 Å². The largest absolute Gasteiger partial charge is 0.504 e. The van der Waals surface area contributed by atoms with Crippen molar-refractivity contribution in [3.05, 3.63) is 71.4 Å². The van der Waals surface area contributed by atoms with Crippen LogP contribution in [0.2, 0.25) is 5.02 Å². The van der Waals surface area contributed by atoms with E-state index in [1.165, 1.54) is 13.2 Å². The zero-order chi connectivity index (χ0) is 17.8. The molecule has 6 heteroatoms. The number of nitrogens with one attached hydrogen (secondary N) is 1. The minimum absolute atomic E-state index is 0.0413. The molecule has 126 valence electrons. The monoisotopic (exact) mass is 354 g/mol. The summed E-state index contributed by atoms with van der Waals surface area (Å²) < 4.78 is 4.98. The van der Waals surface area contributed by atoms with Gasteiger partial charge < -0.3 is 15.2 Å². The predicted molar refractivity (Wildman–Crippen MR) is 97.3 cm³/mol. The van der Waals surface area contributed by atoms with Crippen LogP contribution >= 0.6 is 11.6 Å². The molecular weight excluding hydrogens is 340 g/mol. The summed E-state index contributed by atoms with van der Waals surface area (Å²) in [7, 11) is 1.46. The summed E-state index contributed by atoms with van der Waals surface area (Å²) in [6, 6.07) is 15.1. The number of carbonyl (C=O) groups is 1. The lowest BCUT2D eigenvalue weighted by molar-refractivity contribution is 0.102. The molecule has 25 heavy (non-hydrogen) atoms. The number of aromatic nitrogens is 1. The highest BCUT2D eigenvalue weighted by Gasteiger charge is 2.10. The first-order valence-electron chi connectivity index (χ1n) is 7.48. The Labute approximate surface area is 149 Å². The Morgan fingerprint density at radius 1 is 1.16 bits per heavy atom. The second kappa shape index (κ2) is 7.23. The number of phenols is 1. The number of carbonyl (C=O) groups excluding carboxylic acids is 1.